The summed E-state index contributed by atoms with van der Waals surface area (Å²) < 4.78 is 5.16. The number of aryl methyl sites for hydroxylation is 1. The lowest BCUT2D eigenvalue weighted by atomic mass is 10.1. The summed E-state index contributed by atoms with van der Waals surface area (Å²) in [6.07, 6.45) is 4.27. The number of anilines is 1. The molecule has 1 aromatic carbocycles. The number of nitrogens with two attached hydrogens (primary N) is 1. The van der Waals surface area contributed by atoms with Crippen molar-refractivity contribution in [1.29, 1.82) is 0 Å². The van der Waals surface area contributed by atoms with Gasteiger partial charge in [-0.25, -0.2) is 4.79 Å². The lowest BCUT2D eigenvalue weighted by Gasteiger charge is -2.08. The molecule has 1 aliphatic carbocycles. The average molecular weight is 395 g/mol. The van der Waals surface area contributed by atoms with Crippen LogP contribution in [0, 0.1) is 0 Å². The number of hydrogen-bond acceptors (Lipinski definition) is 6. The summed E-state index contributed by atoms with van der Waals surface area (Å²) in [6, 6.07) is 8.62. The van der Waals surface area contributed by atoms with E-state index in [1.54, 1.807) is 36.5 Å². The molecule has 0 fully saturated rings. The number of nitrogens with zero attached hydrogens (tertiary/aromatic N) is 1. The standard InChI is InChI=1S/C20H17N3O4S/c21-18(25)17-13-5-2-8-15(13)28-19(17)23-16(24)10-27-20(26)12-4-1-7-14-11(12)6-3-9-22-14/h1,3-4,6-7,9H,2,5,8,10H2,(H2,21,25)(H,23,24). The van der Waals surface area contributed by atoms with E-state index in [0.717, 1.165) is 29.7 Å². The molecule has 7 nitrogen and oxygen atoms in total. The number of pyridine rings is 1. The van der Waals surface area contributed by atoms with Crippen LogP contribution in [0.3, 0.4) is 0 Å². The SMILES string of the molecule is NC(=O)c1c(NC(=O)COC(=O)c2cccc3ncccc23)sc2c1CCC2. The summed E-state index contributed by atoms with van der Waals surface area (Å²) >= 11 is 1.36. The second-order valence-corrected chi connectivity index (χ2v) is 7.53. The number of fused-ring (bicyclic) bond motifs is 2. The molecule has 0 spiro atoms. The second kappa shape index (κ2) is 7.40. The minimum Gasteiger partial charge on any atom is -0.452 e. The predicted molar refractivity (Wildman–Crippen MR) is 106 cm³/mol. The molecule has 2 amide bonds. The maximum absolute atomic E-state index is 12.4. The molecule has 0 aliphatic heterocycles. The molecule has 1 aliphatic rings. The molecule has 3 N–H and O–H groups in total. The van der Waals surface area contributed by atoms with Gasteiger partial charge in [-0.05, 0) is 43.0 Å². The molecule has 142 valence electrons. The van der Waals surface area contributed by atoms with Crippen molar-refractivity contribution in [1.82, 2.24) is 4.98 Å². The van der Waals surface area contributed by atoms with Crippen molar-refractivity contribution in [3.05, 3.63) is 58.1 Å². The molecule has 0 saturated carbocycles. The largest absolute Gasteiger partial charge is 0.452 e. The maximum atomic E-state index is 12.4. The Kier molecular flexibility index (Phi) is 4.79. The highest BCUT2D eigenvalue weighted by Gasteiger charge is 2.26. The van der Waals surface area contributed by atoms with Crippen molar-refractivity contribution >= 4 is 45.0 Å². The fourth-order valence-electron chi connectivity index (χ4n) is 3.41. The molecular weight excluding hydrogens is 378 g/mol. The number of esters is 1. The number of benzene rings is 1. The Morgan fingerprint density at radius 1 is 1.18 bits per heavy atom. The van der Waals surface area contributed by atoms with Gasteiger partial charge in [0.15, 0.2) is 6.61 Å². The summed E-state index contributed by atoms with van der Waals surface area (Å²) in [5.41, 5.74) is 7.79. The fraction of sp³-hybridized carbons (Fsp3) is 0.200. The van der Waals surface area contributed by atoms with E-state index in [9.17, 15) is 14.4 Å². The molecule has 3 aromatic rings. The molecule has 0 bridgehead atoms. The first-order valence-electron chi connectivity index (χ1n) is 8.79. The number of amides is 2. The van der Waals surface area contributed by atoms with Gasteiger partial charge in [0.25, 0.3) is 11.8 Å². The number of nitrogens with one attached hydrogen (secondary N) is 1. The molecule has 0 unspecified atom stereocenters. The normalized spacial score (nSPS) is 12.6. The van der Waals surface area contributed by atoms with Crippen LogP contribution in [-0.2, 0) is 22.4 Å². The third-order valence-electron chi connectivity index (χ3n) is 4.62. The fourth-order valence-corrected chi connectivity index (χ4v) is 4.72. The topological polar surface area (TPSA) is 111 Å². The zero-order valence-electron chi connectivity index (χ0n) is 14.9. The van der Waals surface area contributed by atoms with E-state index in [4.69, 9.17) is 10.5 Å². The van der Waals surface area contributed by atoms with Gasteiger partial charge >= 0.3 is 5.97 Å². The number of carbonyl (C=O) groups is 3. The third-order valence-corrected chi connectivity index (χ3v) is 5.83. The quantitative estimate of drug-likeness (QED) is 0.645. The molecule has 8 heteroatoms. The second-order valence-electron chi connectivity index (χ2n) is 6.43. The zero-order valence-corrected chi connectivity index (χ0v) is 15.7. The van der Waals surface area contributed by atoms with Crippen LogP contribution < -0.4 is 11.1 Å². The maximum Gasteiger partial charge on any atom is 0.339 e. The van der Waals surface area contributed by atoms with E-state index in [-0.39, 0.29) is 0 Å². The Hall–Kier alpha value is -3.26. The summed E-state index contributed by atoms with van der Waals surface area (Å²) in [5, 5.41) is 3.73. The van der Waals surface area contributed by atoms with Crippen LogP contribution in [0.2, 0.25) is 0 Å². The van der Waals surface area contributed by atoms with E-state index in [0.29, 0.717) is 27.0 Å². The average Bonchev–Trinajstić information content (AvgIpc) is 3.26. The van der Waals surface area contributed by atoms with Gasteiger partial charge in [-0.3, -0.25) is 14.6 Å². The molecule has 0 atom stereocenters. The van der Waals surface area contributed by atoms with Crippen molar-refractivity contribution in [2.75, 3.05) is 11.9 Å². The van der Waals surface area contributed by atoms with Gasteiger partial charge in [-0.15, -0.1) is 11.3 Å². The molecule has 2 aromatic heterocycles. The number of carbonyl (C=O) groups excluding carboxylic acids is 3. The number of thiophene rings is 1. The molecule has 0 saturated heterocycles. The Morgan fingerprint density at radius 2 is 2.04 bits per heavy atom. The van der Waals surface area contributed by atoms with Crippen molar-refractivity contribution in [2.24, 2.45) is 5.73 Å². The lowest BCUT2D eigenvalue weighted by Crippen LogP contribution is -2.22. The van der Waals surface area contributed by atoms with Gasteiger partial charge in [-0.1, -0.05) is 12.1 Å². The third kappa shape index (κ3) is 3.34. The van der Waals surface area contributed by atoms with E-state index in [1.165, 1.54) is 11.3 Å². The predicted octanol–water partition coefficient (Wildman–Crippen LogP) is 2.68. The van der Waals surface area contributed by atoms with Gasteiger partial charge in [-0.2, -0.15) is 0 Å². The van der Waals surface area contributed by atoms with Crippen LogP contribution in [0.15, 0.2) is 36.5 Å². The van der Waals surface area contributed by atoms with E-state index in [2.05, 4.69) is 10.3 Å². The van der Waals surface area contributed by atoms with Crippen LogP contribution in [0.4, 0.5) is 5.00 Å². The highest BCUT2D eigenvalue weighted by Crippen LogP contribution is 2.38. The van der Waals surface area contributed by atoms with Crippen LogP contribution in [-0.4, -0.2) is 29.4 Å². The smallest absolute Gasteiger partial charge is 0.339 e. The Bertz CT molecular complexity index is 1100. The van der Waals surface area contributed by atoms with E-state index >= 15 is 0 Å². The highest BCUT2D eigenvalue weighted by molar-refractivity contribution is 7.17. The minimum atomic E-state index is -0.613. The Labute approximate surface area is 164 Å². The molecular formula is C20H17N3O4S. The van der Waals surface area contributed by atoms with Gasteiger partial charge in [0.05, 0.1) is 16.6 Å². The summed E-state index contributed by atoms with van der Waals surface area (Å²) in [4.78, 5) is 41.7. The summed E-state index contributed by atoms with van der Waals surface area (Å²) in [7, 11) is 0. The van der Waals surface area contributed by atoms with Gasteiger partial charge in [0, 0.05) is 16.5 Å². The van der Waals surface area contributed by atoms with E-state index in [1.807, 2.05) is 0 Å². The molecule has 28 heavy (non-hydrogen) atoms. The van der Waals surface area contributed by atoms with Crippen molar-refractivity contribution in [3.8, 4) is 0 Å². The van der Waals surface area contributed by atoms with Crippen molar-refractivity contribution in [3.63, 3.8) is 0 Å². The van der Waals surface area contributed by atoms with Crippen LogP contribution in [0.25, 0.3) is 10.9 Å². The Balaban J connectivity index is 1.45. The summed E-state index contributed by atoms with van der Waals surface area (Å²) in [5.74, 6) is -1.69. The number of hydrogen-bond donors (Lipinski definition) is 2. The van der Waals surface area contributed by atoms with Crippen LogP contribution in [0.5, 0.6) is 0 Å². The van der Waals surface area contributed by atoms with Gasteiger partial charge < -0.3 is 15.8 Å². The first-order chi connectivity index (χ1) is 13.5. The van der Waals surface area contributed by atoms with Gasteiger partial charge in [0.2, 0.25) is 0 Å². The molecule has 0 radical (unpaired) electrons. The minimum absolute atomic E-state index is 0.339. The first-order valence-corrected chi connectivity index (χ1v) is 9.61. The van der Waals surface area contributed by atoms with Crippen molar-refractivity contribution < 1.29 is 19.1 Å². The molecule has 2 heterocycles. The monoisotopic (exact) mass is 395 g/mol. The van der Waals surface area contributed by atoms with E-state index < -0.39 is 24.4 Å². The van der Waals surface area contributed by atoms with Crippen LogP contribution >= 0.6 is 11.3 Å². The lowest BCUT2D eigenvalue weighted by molar-refractivity contribution is -0.119. The number of ether oxygens (including phenoxy) is 1. The molecule has 4 rings (SSSR count). The first kappa shape index (κ1) is 18.1. The number of primary amides is 1. The number of rotatable bonds is 5. The highest BCUT2D eigenvalue weighted by atomic mass is 32.1. The van der Waals surface area contributed by atoms with Crippen molar-refractivity contribution in [2.45, 2.75) is 19.3 Å². The van der Waals surface area contributed by atoms with Gasteiger partial charge in [0.1, 0.15) is 5.00 Å². The summed E-state index contributed by atoms with van der Waals surface area (Å²) in [6.45, 7) is -0.462. The Morgan fingerprint density at radius 3 is 2.86 bits per heavy atom. The number of aromatic nitrogens is 1. The van der Waals surface area contributed by atoms with Crippen LogP contribution in [0.1, 0.15) is 37.6 Å². The zero-order chi connectivity index (χ0) is 19.7.